The summed E-state index contributed by atoms with van der Waals surface area (Å²) in [6, 6.07) is 13.4. The van der Waals surface area contributed by atoms with E-state index in [4.69, 9.17) is 4.74 Å². The number of rotatable bonds is 6. The summed E-state index contributed by atoms with van der Waals surface area (Å²) in [6.07, 6.45) is 0.539. The number of benzene rings is 2. The lowest BCUT2D eigenvalue weighted by Gasteiger charge is -2.01. The number of nitrogens with zero attached hydrogens (tertiary/aromatic N) is 2. The quantitative estimate of drug-likeness (QED) is 0.480. The number of fused-ring (bicyclic) bond motifs is 1. The van der Waals surface area contributed by atoms with Crippen molar-refractivity contribution >= 4 is 16.9 Å². The molecule has 0 saturated heterocycles. The second-order valence-electron chi connectivity index (χ2n) is 6.22. The number of nitrogens with one attached hydrogen (secondary N) is 3. The van der Waals surface area contributed by atoms with Gasteiger partial charge in [0.25, 0.3) is 5.91 Å². The van der Waals surface area contributed by atoms with Crippen molar-refractivity contribution in [1.29, 1.82) is 0 Å². The predicted molar refractivity (Wildman–Crippen MR) is 103 cm³/mol. The average Bonchev–Trinajstić information content (AvgIpc) is 3.34. The molecule has 0 fully saturated rings. The zero-order valence-corrected chi connectivity index (χ0v) is 15.1. The fourth-order valence-electron chi connectivity index (χ4n) is 2.92. The van der Waals surface area contributed by atoms with E-state index in [9.17, 15) is 9.18 Å². The van der Waals surface area contributed by atoms with Crippen LogP contribution in [0.15, 0.2) is 48.5 Å². The second kappa shape index (κ2) is 7.51. The van der Waals surface area contributed by atoms with Crippen molar-refractivity contribution in [1.82, 2.24) is 25.5 Å². The van der Waals surface area contributed by atoms with E-state index in [1.807, 2.05) is 18.2 Å². The molecular weight excluding hydrogens is 361 g/mol. The maximum Gasteiger partial charge on any atom is 0.269 e. The normalized spacial score (nSPS) is 10.9. The van der Waals surface area contributed by atoms with Gasteiger partial charge in [0.05, 0.1) is 23.8 Å². The Labute approximate surface area is 160 Å². The van der Waals surface area contributed by atoms with Gasteiger partial charge in [0, 0.05) is 24.6 Å². The van der Waals surface area contributed by atoms with E-state index in [-0.39, 0.29) is 17.4 Å². The molecule has 4 aromatic rings. The summed E-state index contributed by atoms with van der Waals surface area (Å²) in [5, 5.41) is 9.48. The lowest BCUT2D eigenvalue weighted by Crippen LogP contribution is -2.26. The topological polar surface area (TPSA) is 95.7 Å². The van der Waals surface area contributed by atoms with Crippen LogP contribution < -0.4 is 10.1 Å². The van der Waals surface area contributed by atoms with Crippen molar-refractivity contribution in [2.75, 3.05) is 13.7 Å². The average molecular weight is 379 g/mol. The second-order valence-corrected chi connectivity index (χ2v) is 6.22. The van der Waals surface area contributed by atoms with Crippen molar-refractivity contribution < 1.29 is 13.9 Å². The van der Waals surface area contributed by atoms with Crippen LogP contribution in [0.5, 0.6) is 5.75 Å². The van der Waals surface area contributed by atoms with Crippen LogP contribution in [0.3, 0.4) is 0 Å². The number of H-pyrrole nitrogens is 2. The van der Waals surface area contributed by atoms with Crippen LogP contribution in [-0.2, 0) is 6.42 Å². The van der Waals surface area contributed by atoms with Crippen molar-refractivity contribution in [3.63, 3.8) is 0 Å². The number of aromatic nitrogens is 4. The molecule has 0 atom stereocenters. The first-order chi connectivity index (χ1) is 13.6. The Morgan fingerprint density at radius 2 is 2.07 bits per heavy atom. The third kappa shape index (κ3) is 3.57. The Hall–Kier alpha value is -3.68. The highest BCUT2D eigenvalue weighted by atomic mass is 19.1. The Morgan fingerprint density at radius 1 is 1.21 bits per heavy atom. The van der Waals surface area contributed by atoms with Crippen molar-refractivity contribution in [3.05, 3.63) is 65.9 Å². The Balaban J connectivity index is 1.38. The van der Waals surface area contributed by atoms with E-state index >= 15 is 0 Å². The first-order valence-electron chi connectivity index (χ1n) is 8.75. The van der Waals surface area contributed by atoms with Crippen molar-refractivity contribution in [2.24, 2.45) is 0 Å². The summed E-state index contributed by atoms with van der Waals surface area (Å²) in [7, 11) is 1.61. The minimum Gasteiger partial charge on any atom is -0.497 e. The van der Waals surface area contributed by atoms with E-state index in [0.29, 0.717) is 24.2 Å². The zero-order valence-electron chi connectivity index (χ0n) is 15.1. The molecular formula is C20H18FN5O2. The molecule has 8 heteroatoms. The first kappa shape index (κ1) is 17.7. The summed E-state index contributed by atoms with van der Waals surface area (Å²) in [5.41, 5.74) is 2.71. The van der Waals surface area contributed by atoms with E-state index in [2.05, 4.69) is 25.5 Å². The number of amides is 1. The van der Waals surface area contributed by atoms with Crippen molar-refractivity contribution in [2.45, 2.75) is 6.42 Å². The SMILES string of the molecule is COc1ccc2nc(CCNC(=O)c3cc(-c4ccccc4F)n[nH]3)[nH]c2c1. The Kier molecular flexibility index (Phi) is 4.76. The van der Waals surface area contributed by atoms with E-state index in [0.717, 1.165) is 22.6 Å². The monoisotopic (exact) mass is 379 g/mol. The minimum absolute atomic E-state index is 0.271. The molecule has 0 aliphatic heterocycles. The highest BCUT2D eigenvalue weighted by Crippen LogP contribution is 2.21. The van der Waals surface area contributed by atoms with E-state index < -0.39 is 0 Å². The molecule has 0 unspecified atom stereocenters. The molecule has 0 bridgehead atoms. The number of carbonyl (C=O) groups is 1. The third-order valence-corrected chi connectivity index (χ3v) is 4.36. The number of imidazole rings is 1. The van der Waals surface area contributed by atoms with Crippen LogP contribution in [0.1, 0.15) is 16.3 Å². The molecule has 2 aromatic heterocycles. The van der Waals surface area contributed by atoms with Crippen LogP contribution in [0.25, 0.3) is 22.3 Å². The summed E-state index contributed by atoms with van der Waals surface area (Å²) < 4.78 is 19.0. The van der Waals surface area contributed by atoms with Gasteiger partial charge >= 0.3 is 0 Å². The number of ether oxygens (including phenoxy) is 1. The van der Waals surface area contributed by atoms with Gasteiger partial charge in [0.2, 0.25) is 0 Å². The van der Waals surface area contributed by atoms with Crippen LogP contribution in [0.4, 0.5) is 4.39 Å². The first-order valence-corrected chi connectivity index (χ1v) is 8.75. The molecule has 3 N–H and O–H groups in total. The van der Waals surface area contributed by atoms with Gasteiger partial charge in [-0.05, 0) is 30.3 Å². The highest BCUT2D eigenvalue weighted by molar-refractivity contribution is 5.93. The Bertz CT molecular complexity index is 1130. The van der Waals surface area contributed by atoms with E-state index in [1.165, 1.54) is 12.1 Å². The maximum absolute atomic E-state index is 13.8. The molecule has 0 radical (unpaired) electrons. The van der Waals surface area contributed by atoms with Crippen LogP contribution in [0.2, 0.25) is 0 Å². The molecule has 0 aliphatic rings. The molecule has 28 heavy (non-hydrogen) atoms. The van der Waals surface area contributed by atoms with Crippen molar-refractivity contribution in [3.8, 4) is 17.0 Å². The lowest BCUT2D eigenvalue weighted by atomic mass is 10.1. The number of hydrogen-bond donors (Lipinski definition) is 3. The minimum atomic E-state index is -0.387. The predicted octanol–water partition coefficient (Wildman–Crippen LogP) is 3.07. The summed E-state index contributed by atoms with van der Waals surface area (Å²) >= 11 is 0. The van der Waals surface area contributed by atoms with Crippen LogP contribution in [-0.4, -0.2) is 39.7 Å². The lowest BCUT2D eigenvalue weighted by molar-refractivity contribution is 0.0949. The number of aromatic amines is 2. The molecule has 2 heterocycles. The van der Waals surface area contributed by atoms with Gasteiger partial charge in [-0.2, -0.15) is 5.10 Å². The van der Waals surface area contributed by atoms with Gasteiger partial charge in [-0.15, -0.1) is 0 Å². The number of halogens is 1. The summed E-state index contributed by atoms with van der Waals surface area (Å²) in [6.45, 7) is 0.393. The molecule has 0 aliphatic carbocycles. The molecule has 4 rings (SSSR count). The Morgan fingerprint density at radius 3 is 2.89 bits per heavy atom. The highest BCUT2D eigenvalue weighted by Gasteiger charge is 2.13. The number of carbonyl (C=O) groups excluding carboxylic acids is 1. The van der Waals surface area contributed by atoms with Gasteiger partial charge in [-0.3, -0.25) is 9.89 Å². The fraction of sp³-hybridized carbons (Fsp3) is 0.150. The van der Waals surface area contributed by atoms with Crippen LogP contribution in [0, 0.1) is 5.82 Å². The van der Waals surface area contributed by atoms with Gasteiger partial charge in [-0.1, -0.05) is 12.1 Å². The molecule has 7 nitrogen and oxygen atoms in total. The molecule has 142 valence electrons. The largest absolute Gasteiger partial charge is 0.497 e. The van der Waals surface area contributed by atoms with Gasteiger partial charge < -0.3 is 15.0 Å². The zero-order chi connectivity index (χ0) is 19.5. The molecule has 2 aromatic carbocycles. The van der Waals surface area contributed by atoms with Gasteiger partial charge in [0.15, 0.2) is 0 Å². The molecule has 0 saturated carbocycles. The number of hydrogen-bond acceptors (Lipinski definition) is 4. The summed E-state index contributed by atoms with van der Waals surface area (Å²) in [5.74, 6) is 0.816. The third-order valence-electron chi connectivity index (χ3n) is 4.36. The molecule has 0 spiro atoms. The van der Waals surface area contributed by atoms with Gasteiger partial charge in [0.1, 0.15) is 23.1 Å². The van der Waals surface area contributed by atoms with Crippen LogP contribution >= 0.6 is 0 Å². The summed E-state index contributed by atoms with van der Waals surface area (Å²) in [4.78, 5) is 20.0. The fourth-order valence-corrected chi connectivity index (χ4v) is 2.92. The number of methoxy groups -OCH3 is 1. The maximum atomic E-state index is 13.8. The molecule has 1 amide bonds. The smallest absolute Gasteiger partial charge is 0.269 e. The van der Waals surface area contributed by atoms with Gasteiger partial charge in [-0.25, -0.2) is 9.37 Å². The van der Waals surface area contributed by atoms with E-state index in [1.54, 1.807) is 25.3 Å². The standard InChI is InChI=1S/C20H18FN5O2/c1-28-12-6-7-15-17(10-12)24-19(23-15)8-9-22-20(27)18-11-16(25-26-18)13-4-2-3-5-14(13)21/h2-7,10-11H,8-9H2,1H3,(H,22,27)(H,23,24)(H,25,26).